The molecule has 0 aliphatic carbocycles. The first kappa shape index (κ1) is 28.2. The van der Waals surface area contributed by atoms with Crippen LogP contribution in [0.3, 0.4) is 0 Å². The molecule has 0 saturated heterocycles. The van der Waals surface area contributed by atoms with E-state index in [1.165, 1.54) is 0 Å². The van der Waals surface area contributed by atoms with Crippen molar-refractivity contribution in [2.75, 3.05) is 0 Å². The Morgan fingerprint density at radius 1 is 0.431 bits per heavy atom. The predicted octanol–water partition coefficient (Wildman–Crippen LogP) is 11.4. The van der Waals surface area contributed by atoms with E-state index >= 15 is 0 Å². The van der Waals surface area contributed by atoms with Crippen LogP contribution in [0.5, 0.6) is 0 Å². The van der Waals surface area contributed by atoms with Gasteiger partial charge in [-0.2, -0.15) is 0 Å². The Morgan fingerprint density at radius 2 is 1.04 bits per heavy atom. The lowest BCUT2D eigenvalue weighted by Crippen LogP contribution is -2.44. The minimum Gasteiger partial charge on any atom is -0.456 e. The quantitative estimate of drug-likeness (QED) is 0.197. The Morgan fingerprint density at radius 3 is 1.80 bits per heavy atom. The molecule has 10 aromatic rings. The van der Waals surface area contributed by atoms with Crippen LogP contribution in [0.4, 0.5) is 0 Å². The second-order valence-corrected chi connectivity index (χ2v) is 13.2. The summed E-state index contributed by atoms with van der Waals surface area (Å²) in [5.74, 6) is 0.803. The van der Waals surface area contributed by atoms with Crippen molar-refractivity contribution in [1.29, 1.82) is 0 Å². The molecule has 2 atom stereocenters. The zero-order chi connectivity index (χ0) is 33.5. The van der Waals surface area contributed by atoms with Crippen LogP contribution in [-0.4, -0.2) is 5.84 Å². The second-order valence-electron chi connectivity index (χ2n) is 13.2. The van der Waals surface area contributed by atoms with E-state index in [-0.39, 0.29) is 12.3 Å². The van der Waals surface area contributed by atoms with Gasteiger partial charge < -0.3 is 18.6 Å². The number of furan rings is 3. The third-order valence-corrected chi connectivity index (χ3v) is 10.2. The maximum absolute atomic E-state index is 6.63. The summed E-state index contributed by atoms with van der Waals surface area (Å²) in [5, 5.41) is 13.9. The Labute approximate surface area is 291 Å². The van der Waals surface area contributed by atoms with Crippen LogP contribution in [0.15, 0.2) is 170 Å². The molecular formula is C45H29N3O3. The van der Waals surface area contributed by atoms with E-state index in [9.17, 15) is 0 Å². The van der Waals surface area contributed by atoms with Gasteiger partial charge in [0, 0.05) is 49.0 Å². The monoisotopic (exact) mass is 659 g/mol. The highest BCUT2D eigenvalue weighted by molar-refractivity contribution is 6.16. The number of aliphatic imine (C=N–C) groups is 1. The molecule has 1 aliphatic rings. The van der Waals surface area contributed by atoms with E-state index in [1.54, 1.807) is 0 Å². The Bertz CT molecular complexity index is 3000. The van der Waals surface area contributed by atoms with Gasteiger partial charge in [-0.05, 0) is 47.5 Å². The summed E-state index contributed by atoms with van der Waals surface area (Å²) in [6.07, 6.45) is -0.473. The van der Waals surface area contributed by atoms with Gasteiger partial charge in [0.15, 0.2) is 0 Å². The molecule has 2 unspecified atom stereocenters. The van der Waals surface area contributed by atoms with Crippen LogP contribution in [0.1, 0.15) is 29.0 Å². The first-order valence-corrected chi connectivity index (χ1v) is 17.2. The standard InChI is InChI=1S/C45H29N3O3/c1-2-10-26(11-3-1)43-46-44(48-45(47-43)28-20-22-31-29-12-4-6-18-37(29)49-40(31)25-28)27-21-23-39-36(24-27)35-17-9-16-34(42(35)51-39)33-15-8-14-32-30-13-5-7-19-38(30)50-41(32)33/h1-25,43,45,47H,(H,46,48). The minimum atomic E-state index is -0.309. The molecule has 6 nitrogen and oxygen atoms in total. The summed E-state index contributed by atoms with van der Waals surface area (Å²) in [7, 11) is 0. The fourth-order valence-corrected chi connectivity index (χ4v) is 7.72. The Hall–Kier alpha value is -6.63. The van der Waals surface area contributed by atoms with Gasteiger partial charge in [0.2, 0.25) is 0 Å². The van der Waals surface area contributed by atoms with Crippen molar-refractivity contribution in [2.45, 2.75) is 12.3 Å². The van der Waals surface area contributed by atoms with Gasteiger partial charge in [-0.15, -0.1) is 0 Å². The second kappa shape index (κ2) is 10.9. The summed E-state index contributed by atoms with van der Waals surface area (Å²) >= 11 is 0. The molecule has 7 aromatic carbocycles. The number of hydrogen-bond donors (Lipinski definition) is 2. The van der Waals surface area contributed by atoms with Crippen LogP contribution < -0.4 is 10.6 Å². The van der Waals surface area contributed by atoms with Gasteiger partial charge in [0.1, 0.15) is 51.7 Å². The van der Waals surface area contributed by atoms with Gasteiger partial charge in [-0.3, -0.25) is 5.32 Å². The number of para-hydroxylation sites is 4. The number of benzene rings is 7. The van der Waals surface area contributed by atoms with Crippen LogP contribution in [-0.2, 0) is 0 Å². The molecule has 242 valence electrons. The van der Waals surface area contributed by atoms with E-state index in [0.29, 0.717) is 0 Å². The third kappa shape index (κ3) is 4.43. The molecule has 0 fully saturated rings. The normalized spacial score (nSPS) is 16.4. The van der Waals surface area contributed by atoms with E-state index < -0.39 is 0 Å². The van der Waals surface area contributed by atoms with E-state index in [2.05, 4.69) is 120 Å². The van der Waals surface area contributed by atoms with Crippen molar-refractivity contribution in [1.82, 2.24) is 10.6 Å². The predicted molar refractivity (Wildman–Crippen MR) is 205 cm³/mol. The number of nitrogens with zero attached hydrogens (tertiary/aromatic N) is 1. The molecule has 0 amide bonds. The molecule has 2 N–H and O–H groups in total. The average molecular weight is 660 g/mol. The lowest BCUT2D eigenvalue weighted by molar-refractivity contribution is 0.409. The summed E-state index contributed by atoms with van der Waals surface area (Å²) in [5.41, 5.74) is 10.3. The first-order chi connectivity index (χ1) is 25.2. The smallest absolute Gasteiger partial charge is 0.143 e. The summed E-state index contributed by atoms with van der Waals surface area (Å²) in [6, 6.07) is 52.1. The van der Waals surface area contributed by atoms with Crippen molar-refractivity contribution >= 4 is 71.7 Å². The van der Waals surface area contributed by atoms with E-state index in [0.717, 1.165) is 99.5 Å². The fraction of sp³-hybridized carbons (Fsp3) is 0.0444. The maximum atomic E-state index is 6.63. The van der Waals surface area contributed by atoms with Crippen molar-refractivity contribution in [3.63, 3.8) is 0 Å². The van der Waals surface area contributed by atoms with Crippen molar-refractivity contribution in [3.8, 4) is 11.1 Å². The number of nitrogens with one attached hydrogen (secondary N) is 2. The van der Waals surface area contributed by atoms with Gasteiger partial charge in [-0.1, -0.05) is 115 Å². The van der Waals surface area contributed by atoms with Crippen LogP contribution in [0.2, 0.25) is 0 Å². The van der Waals surface area contributed by atoms with Crippen LogP contribution >= 0.6 is 0 Å². The SMILES string of the molecule is c1ccc(C2NC(c3ccc4oc5c(-c6cccc7c6oc6ccccc67)cccc5c4c3)=NC(c3ccc4c(c3)oc3ccccc34)N2)cc1. The zero-order valence-corrected chi connectivity index (χ0v) is 27.3. The van der Waals surface area contributed by atoms with E-state index in [1.807, 2.05) is 42.5 Å². The largest absolute Gasteiger partial charge is 0.456 e. The molecule has 0 spiro atoms. The van der Waals surface area contributed by atoms with Crippen molar-refractivity contribution in [3.05, 3.63) is 168 Å². The summed E-state index contributed by atoms with van der Waals surface area (Å²) in [4.78, 5) is 5.26. The molecule has 0 saturated carbocycles. The molecule has 11 rings (SSSR count). The highest BCUT2D eigenvalue weighted by Gasteiger charge is 2.27. The van der Waals surface area contributed by atoms with Gasteiger partial charge in [-0.25, -0.2) is 4.99 Å². The minimum absolute atomic E-state index is 0.164. The average Bonchev–Trinajstić information content (AvgIpc) is 3.89. The van der Waals surface area contributed by atoms with Crippen LogP contribution in [0.25, 0.3) is 76.9 Å². The number of amidine groups is 1. The topological polar surface area (TPSA) is 75.8 Å². The molecule has 0 bridgehead atoms. The number of rotatable bonds is 4. The van der Waals surface area contributed by atoms with Gasteiger partial charge in [0.25, 0.3) is 0 Å². The lowest BCUT2D eigenvalue weighted by Gasteiger charge is -2.32. The summed E-state index contributed by atoms with van der Waals surface area (Å²) < 4.78 is 19.3. The molecule has 4 heterocycles. The number of hydrogen-bond acceptors (Lipinski definition) is 6. The highest BCUT2D eigenvalue weighted by Crippen LogP contribution is 2.41. The maximum Gasteiger partial charge on any atom is 0.143 e. The van der Waals surface area contributed by atoms with Crippen molar-refractivity contribution < 1.29 is 13.3 Å². The van der Waals surface area contributed by atoms with Crippen LogP contribution in [0, 0.1) is 0 Å². The van der Waals surface area contributed by atoms with E-state index in [4.69, 9.17) is 18.2 Å². The highest BCUT2D eigenvalue weighted by atomic mass is 16.3. The zero-order valence-electron chi connectivity index (χ0n) is 27.3. The molecule has 1 aliphatic heterocycles. The fourth-order valence-electron chi connectivity index (χ4n) is 7.72. The molecular weight excluding hydrogens is 631 g/mol. The van der Waals surface area contributed by atoms with Gasteiger partial charge in [0.05, 0.1) is 0 Å². The molecule has 0 radical (unpaired) electrons. The molecule has 3 aromatic heterocycles. The number of fused-ring (bicyclic) bond motifs is 9. The third-order valence-electron chi connectivity index (χ3n) is 10.2. The Balaban J connectivity index is 1.04. The first-order valence-electron chi connectivity index (χ1n) is 17.2. The molecule has 6 heteroatoms. The van der Waals surface area contributed by atoms with Crippen molar-refractivity contribution in [2.24, 2.45) is 4.99 Å². The van der Waals surface area contributed by atoms with Gasteiger partial charge >= 0.3 is 0 Å². The summed E-state index contributed by atoms with van der Waals surface area (Å²) in [6.45, 7) is 0. The lowest BCUT2D eigenvalue weighted by atomic mass is 9.99. The molecule has 51 heavy (non-hydrogen) atoms. The Kier molecular flexibility index (Phi) is 6.05.